The molecule has 3 heteroatoms. The van der Waals surface area contributed by atoms with Crippen LogP contribution >= 0.6 is 0 Å². The Balaban J connectivity index is 1.08. The van der Waals surface area contributed by atoms with Gasteiger partial charge in [-0.2, -0.15) is 0 Å². The van der Waals surface area contributed by atoms with Crippen LogP contribution < -0.4 is 0 Å². The van der Waals surface area contributed by atoms with Gasteiger partial charge in [0.2, 0.25) is 0 Å². The average molecular weight is 842 g/mol. The van der Waals surface area contributed by atoms with E-state index >= 15 is 0 Å². The Hall–Kier alpha value is -6.94. The number of nitrogens with zero attached hydrogens (tertiary/aromatic N) is 2. The Morgan fingerprint density at radius 3 is 2.03 bits per heavy atom. The number of hydrogen-bond acceptors (Lipinski definition) is 1. The van der Waals surface area contributed by atoms with Crippen molar-refractivity contribution in [1.82, 2.24) is 9.55 Å². The van der Waals surface area contributed by atoms with Crippen molar-refractivity contribution in [3.05, 3.63) is 245 Å². The third-order valence-electron chi connectivity index (χ3n) is 14.2. The summed E-state index contributed by atoms with van der Waals surface area (Å²) in [5.74, 6) is 0.169. The van der Waals surface area contributed by atoms with Crippen LogP contribution in [0.4, 0.5) is 0 Å². The van der Waals surface area contributed by atoms with Crippen LogP contribution in [0.2, 0.25) is 0 Å². The molecule has 0 amide bonds. The topological polar surface area (TPSA) is 17.8 Å². The lowest BCUT2D eigenvalue weighted by Crippen LogP contribution is -2.33. The van der Waals surface area contributed by atoms with Gasteiger partial charge in [0.15, 0.2) is 4.90 Å². The van der Waals surface area contributed by atoms with Crippen LogP contribution in [-0.4, -0.2) is 22.1 Å². The van der Waals surface area contributed by atoms with Crippen molar-refractivity contribution < 1.29 is 0 Å². The van der Waals surface area contributed by atoms with E-state index < -0.39 is 5.41 Å². The van der Waals surface area contributed by atoms with Crippen molar-refractivity contribution >= 4 is 32.7 Å². The molecule has 3 heterocycles. The van der Waals surface area contributed by atoms with E-state index in [0.717, 1.165) is 36.2 Å². The lowest BCUT2D eigenvalue weighted by Gasteiger charge is -2.39. The molecule has 2 atom stereocenters. The smallest absolute Gasteiger partial charge is 0.166 e. The maximum Gasteiger partial charge on any atom is 0.166 e. The molecule has 8 aromatic carbocycles. The number of pyridine rings is 1. The summed E-state index contributed by atoms with van der Waals surface area (Å²) in [7, 11) is -0.0820. The molecule has 0 fully saturated rings. The zero-order valence-electron chi connectivity index (χ0n) is 36.6. The molecule has 10 aromatic rings. The van der Waals surface area contributed by atoms with Gasteiger partial charge in [-0.3, -0.25) is 4.98 Å². The second kappa shape index (κ2) is 15.4. The Bertz CT molecular complexity index is 3360. The minimum absolute atomic E-state index is 0.0820. The van der Waals surface area contributed by atoms with Gasteiger partial charge in [-0.1, -0.05) is 183 Å². The summed E-state index contributed by atoms with van der Waals surface area (Å²) in [5, 5.41) is 2.61. The fourth-order valence-electron chi connectivity index (χ4n) is 11.6. The summed E-state index contributed by atoms with van der Waals surface area (Å²) >= 11 is 0. The van der Waals surface area contributed by atoms with Crippen LogP contribution in [0.3, 0.4) is 0 Å². The zero-order chi connectivity index (χ0) is 42.9. The van der Waals surface area contributed by atoms with E-state index in [4.69, 9.17) is 4.98 Å². The SMILES string of the molecule is CCc1ccccc1C(CCc1cc(-c2ccccc2)cc(-c2ccccc2)n1)c1ccc2c(c1[S+](C)C)-c1ccccc1C21c2ccccc2-n2c3ccccc3c3cccc1c32. The number of rotatable bonds is 9. The number of para-hydroxylation sites is 3. The predicted octanol–water partition coefficient (Wildman–Crippen LogP) is 14.8. The maximum absolute atomic E-state index is 5.41. The highest BCUT2D eigenvalue weighted by molar-refractivity contribution is 7.95. The van der Waals surface area contributed by atoms with Crippen LogP contribution in [0.15, 0.2) is 205 Å². The summed E-state index contributed by atoms with van der Waals surface area (Å²) in [6.45, 7) is 2.31. The van der Waals surface area contributed by atoms with Gasteiger partial charge in [-0.15, -0.1) is 0 Å². The minimum Gasteiger partial charge on any atom is -0.309 e. The molecule has 0 bridgehead atoms. The highest BCUT2D eigenvalue weighted by Crippen LogP contribution is 2.62. The standard InChI is InChI=1S/C61H49N2S/c1-4-40-20-11-12-25-45(40)46(35-34-44-38-43(41-21-7-5-8-22-41)39-55(62-44)42-23-9-6-10-24-42)49-36-37-53-58(60(49)64(2)3)50-27-13-15-29-51(50)61(53)52-30-16-18-33-57(52)63-56-32-17-14-26-47(56)48-28-19-31-54(61)59(48)63/h5-33,36-39,46H,4,34-35H2,1-3H3/q+1. The Morgan fingerprint density at radius 1 is 0.547 bits per heavy atom. The molecule has 12 rings (SSSR count). The number of hydrogen-bond donors (Lipinski definition) is 0. The number of fused-ring (bicyclic) bond motifs is 12. The predicted molar refractivity (Wildman–Crippen MR) is 270 cm³/mol. The molecule has 64 heavy (non-hydrogen) atoms. The van der Waals surface area contributed by atoms with Gasteiger partial charge in [0.1, 0.15) is 12.5 Å². The van der Waals surface area contributed by atoms with Gasteiger partial charge in [0.05, 0.1) is 27.8 Å². The van der Waals surface area contributed by atoms with Crippen molar-refractivity contribution in [2.75, 3.05) is 12.5 Å². The number of aromatic nitrogens is 2. The van der Waals surface area contributed by atoms with E-state index in [-0.39, 0.29) is 16.8 Å². The first-order chi connectivity index (χ1) is 31.6. The summed E-state index contributed by atoms with van der Waals surface area (Å²) < 4.78 is 2.54. The van der Waals surface area contributed by atoms with E-state index in [1.807, 2.05) is 0 Å². The highest BCUT2D eigenvalue weighted by atomic mass is 32.2. The Kier molecular flexibility index (Phi) is 9.31. The molecule has 2 unspecified atom stereocenters. The summed E-state index contributed by atoms with van der Waals surface area (Å²) in [4.78, 5) is 6.90. The number of aryl methyl sites for hydroxylation is 2. The quantitative estimate of drug-likeness (QED) is 0.132. The molecule has 0 radical (unpaired) electrons. The second-order valence-corrected chi connectivity index (χ2v) is 19.7. The fraction of sp³-hybridized carbons (Fsp3) is 0.131. The van der Waals surface area contributed by atoms with Gasteiger partial charge < -0.3 is 4.57 Å². The molecular formula is C61H49N2S+. The van der Waals surface area contributed by atoms with Gasteiger partial charge in [-0.25, -0.2) is 0 Å². The third kappa shape index (κ3) is 5.77. The molecule has 0 N–H and O–H groups in total. The summed E-state index contributed by atoms with van der Waals surface area (Å²) in [6, 6.07) is 74.9. The molecule has 1 spiro atoms. The molecule has 0 saturated heterocycles. The van der Waals surface area contributed by atoms with Crippen molar-refractivity contribution in [2.24, 2.45) is 0 Å². The highest BCUT2D eigenvalue weighted by Gasteiger charge is 2.53. The van der Waals surface area contributed by atoms with E-state index in [2.05, 4.69) is 224 Å². The first-order valence-corrected chi connectivity index (χ1v) is 24.8. The summed E-state index contributed by atoms with van der Waals surface area (Å²) in [6.07, 6.45) is 7.66. The molecule has 308 valence electrons. The van der Waals surface area contributed by atoms with Crippen LogP contribution in [0.5, 0.6) is 0 Å². The first-order valence-electron chi connectivity index (χ1n) is 22.7. The fourth-order valence-corrected chi connectivity index (χ4v) is 12.9. The zero-order valence-corrected chi connectivity index (χ0v) is 37.4. The third-order valence-corrected chi connectivity index (χ3v) is 15.4. The largest absolute Gasteiger partial charge is 0.309 e. The molecular weight excluding hydrogens is 793 g/mol. The first kappa shape index (κ1) is 38.7. The Labute approximate surface area is 379 Å². The maximum atomic E-state index is 5.41. The van der Waals surface area contributed by atoms with E-state index in [9.17, 15) is 0 Å². The van der Waals surface area contributed by atoms with Crippen molar-refractivity contribution in [1.29, 1.82) is 0 Å². The molecule has 1 aliphatic heterocycles. The molecule has 2 nitrogen and oxygen atoms in total. The average Bonchev–Trinajstić information content (AvgIpc) is 3.85. The van der Waals surface area contributed by atoms with Crippen LogP contribution in [0.25, 0.3) is 61.0 Å². The van der Waals surface area contributed by atoms with Crippen LogP contribution in [0.1, 0.15) is 63.9 Å². The summed E-state index contributed by atoms with van der Waals surface area (Å²) in [5.41, 5.74) is 21.6. The van der Waals surface area contributed by atoms with Crippen molar-refractivity contribution in [2.45, 2.75) is 42.4 Å². The molecule has 1 aliphatic carbocycles. The van der Waals surface area contributed by atoms with Gasteiger partial charge in [0, 0.05) is 50.0 Å². The van der Waals surface area contributed by atoms with Gasteiger partial charge in [0.25, 0.3) is 0 Å². The van der Waals surface area contributed by atoms with Gasteiger partial charge >= 0.3 is 0 Å². The van der Waals surface area contributed by atoms with Crippen molar-refractivity contribution in [3.63, 3.8) is 0 Å². The van der Waals surface area contributed by atoms with E-state index in [0.29, 0.717) is 0 Å². The minimum atomic E-state index is -0.481. The second-order valence-electron chi connectivity index (χ2n) is 17.7. The lowest BCUT2D eigenvalue weighted by atomic mass is 9.65. The lowest BCUT2D eigenvalue weighted by molar-refractivity contribution is 0.686. The van der Waals surface area contributed by atoms with Crippen molar-refractivity contribution in [3.8, 4) is 39.2 Å². The molecule has 2 aromatic heterocycles. The van der Waals surface area contributed by atoms with Crippen LogP contribution in [0, 0.1) is 0 Å². The normalized spacial score (nSPS) is 15.1. The Morgan fingerprint density at radius 2 is 1.22 bits per heavy atom. The van der Waals surface area contributed by atoms with Gasteiger partial charge in [-0.05, 0) is 93.6 Å². The van der Waals surface area contributed by atoms with Crippen LogP contribution in [-0.2, 0) is 29.2 Å². The van der Waals surface area contributed by atoms with E-state index in [1.165, 1.54) is 93.6 Å². The molecule has 0 saturated carbocycles. The number of benzene rings is 8. The van der Waals surface area contributed by atoms with E-state index in [1.54, 1.807) is 0 Å². The molecule has 2 aliphatic rings. The monoisotopic (exact) mass is 841 g/mol.